The zero-order chi connectivity index (χ0) is 31.8. The fraction of sp³-hybridized carbons (Fsp3) is 0.206. The predicted octanol–water partition coefficient (Wildman–Crippen LogP) is 4.70. The number of nitrogens with zero attached hydrogens (tertiary/aromatic N) is 1. The number of nitrogens with one attached hydrogen (secondary N) is 3. The molecule has 0 aliphatic carbocycles. The van der Waals surface area contributed by atoms with Gasteiger partial charge in [0.05, 0.1) is 18.2 Å². The quantitative estimate of drug-likeness (QED) is 0.0954. The van der Waals surface area contributed by atoms with Crippen molar-refractivity contribution in [3.8, 4) is 11.1 Å². The first-order valence-electron chi connectivity index (χ1n) is 14.1. The summed E-state index contributed by atoms with van der Waals surface area (Å²) in [5.41, 5.74) is 8.93. The maximum Gasteiger partial charge on any atom is 0.339 e. The van der Waals surface area contributed by atoms with Crippen molar-refractivity contribution in [1.82, 2.24) is 10.3 Å². The van der Waals surface area contributed by atoms with E-state index in [1.807, 2.05) is 44.2 Å². The Balaban J connectivity index is 1.73. The van der Waals surface area contributed by atoms with Crippen LogP contribution in [0.4, 0.5) is 5.69 Å². The van der Waals surface area contributed by atoms with Crippen LogP contribution in [0.3, 0.4) is 0 Å². The molecule has 0 spiro atoms. The molecule has 3 aromatic carbocycles. The minimum atomic E-state index is -0.687. The number of amides is 2. The summed E-state index contributed by atoms with van der Waals surface area (Å²) in [6, 6.07) is 23.2. The number of benzene rings is 3. The number of hydrogen-bond donors (Lipinski definition) is 5. The van der Waals surface area contributed by atoms with Gasteiger partial charge >= 0.3 is 5.97 Å². The van der Waals surface area contributed by atoms with E-state index in [1.165, 1.54) is 6.07 Å². The molecule has 0 unspecified atom stereocenters. The first-order valence-corrected chi connectivity index (χ1v) is 14.1. The third-order valence-electron chi connectivity index (χ3n) is 7.03. The van der Waals surface area contributed by atoms with Gasteiger partial charge in [0.15, 0.2) is 0 Å². The van der Waals surface area contributed by atoms with Crippen molar-refractivity contribution >= 4 is 29.3 Å². The Morgan fingerprint density at radius 2 is 1.57 bits per heavy atom. The number of carbonyl (C=O) groups excluding carboxylic acids is 3. The highest BCUT2D eigenvalue weighted by Gasteiger charge is 2.24. The van der Waals surface area contributed by atoms with Crippen molar-refractivity contribution in [2.75, 3.05) is 11.9 Å². The van der Waals surface area contributed by atoms with Crippen LogP contribution in [0.5, 0.6) is 0 Å². The molecule has 4 rings (SSSR count). The average molecular weight is 594 g/mol. The highest BCUT2D eigenvalue weighted by molar-refractivity contribution is 6.10. The van der Waals surface area contributed by atoms with Gasteiger partial charge < -0.3 is 26.2 Å². The van der Waals surface area contributed by atoms with Crippen molar-refractivity contribution in [2.45, 2.75) is 33.4 Å². The van der Waals surface area contributed by atoms with E-state index < -0.39 is 23.8 Å². The SMILES string of the molecule is Cc1ccc(-c2ccc(C(=O)N[C@H](CO)C(C)C)cc2C(=O)OCc2ccccc2)c(C(=O)Nc2ccc(C(=N)N)cc2)n1. The van der Waals surface area contributed by atoms with E-state index in [1.54, 1.807) is 55.5 Å². The second kappa shape index (κ2) is 14.2. The van der Waals surface area contributed by atoms with Crippen LogP contribution >= 0.6 is 0 Å². The molecule has 0 aliphatic heterocycles. The lowest BCUT2D eigenvalue weighted by Gasteiger charge is -2.20. The van der Waals surface area contributed by atoms with E-state index in [4.69, 9.17) is 15.9 Å². The van der Waals surface area contributed by atoms with Gasteiger partial charge in [-0.25, -0.2) is 9.78 Å². The lowest BCUT2D eigenvalue weighted by atomic mass is 9.95. The van der Waals surface area contributed by atoms with Crippen molar-refractivity contribution < 1.29 is 24.2 Å². The molecule has 44 heavy (non-hydrogen) atoms. The molecular formula is C34H35N5O5. The molecule has 1 atom stereocenters. The van der Waals surface area contributed by atoms with E-state index in [9.17, 15) is 19.5 Å². The van der Waals surface area contributed by atoms with E-state index in [0.717, 1.165) is 5.56 Å². The Morgan fingerprint density at radius 3 is 2.20 bits per heavy atom. The van der Waals surface area contributed by atoms with Crippen LogP contribution in [-0.4, -0.2) is 46.4 Å². The molecular weight excluding hydrogens is 558 g/mol. The summed E-state index contributed by atoms with van der Waals surface area (Å²) < 4.78 is 5.64. The lowest BCUT2D eigenvalue weighted by molar-refractivity contribution is 0.0473. The van der Waals surface area contributed by atoms with Crippen LogP contribution in [0.2, 0.25) is 0 Å². The predicted molar refractivity (Wildman–Crippen MR) is 169 cm³/mol. The van der Waals surface area contributed by atoms with Crippen LogP contribution in [0.15, 0.2) is 84.9 Å². The van der Waals surface area contributed by atoms with E-state index >= 15 is 0 Å². The van der Waals surface area contributed by atoms with Crippen molar-refractivity contribution in [1.29, 1.82) is 5.41 Å². The zero-order valence-electron chi connectivity index (χ0n) is 24.8. The summed E-state index contributed by atoms with van der Waals surface area (Å²) in [5.74, 6) is -1.78. The highest BCUT2D eigenvalue weighted by Crippen LogP contribution is 2.30. The molecule has 1 aromatic heterocycles. The Kier molecular flexibility index (Phi) is 10.2. The van der Waals surface area contributed by atoms with Crippen LogP contribution in [0.25, 0.3) is 11.1 Å². The minimum Gasteiger partial charge on any atom is -0.457 e. The van der Waals surface area contributed by atoms with Gasteiger partial charge in [0.25, 0.3) is 11.8 Å². The molecule has 1 heterocycles. The number of aliphatic hydroxyl groups excluding tert-OH is 1. The summed E-state index contributed by atoms with van der Waals surface area (Å²) in [6.45, 7) is 5.28. The standard InChI is InChI=1S/C34H35N5O5/c1-20(2)29(18-40)39-32(41)24-12-16-26(28(17-24)34(43)44-19-22-7-5-4-6-8-22)27-15-9-21(3)37-30(27)33(42)38-25-13-10-23(11-14-25)31(35)36/h4-17,20,29,40H,18-19H2,1-3H3,(H3,35,36)(H,38,42)(H,39,41)/t29-/m1/s1. The number of aliphatic hydroxyl groups is 1. The molecule has 0 fully saturated rings. The molecule has 0 bridgehead atoms. The molecule has 10 heteroatoms. The largest absolute Gasteiger partial charge is 0.457 e. The van der Waals surface area contributed by atoms with Gasteiger partial charge in [0, 0.05) is 28.1 Å². The second-order valence-corrected chi connectivity index (χ2v) is 10.6. The number of amidine groups is 1. The zero-order valence-corrected chi connectivity index (χ0v) is 24.8. The maximum absolute atomic E-state index is 13.6. The monoisotopic (exact) mass is 593 g/mol. The number of nitrogen functional groups attached to an aromatic ring is 1. The third-order valence-corrected chi connectivity index (χ3v) is 7.03. The number of esters is 1. The van der Waals surface area contributed by atoms with Crippen LogP contribution in [-0.2, 0) is 11.3 Å². The third kappa shape index (κ3) is 7.73. The Bertz CT molecular complexity index is 1670. The molecule has 2 amide bonds. The van der Waals surface area contributed by atoms with Crippen LogP contribution < -0.4 is 16.4 Å². The van der Waals surface area contributed by atoms with Crippen LogP contribution in [0.1, 0.15) is 61.9 Å². The molecule has 0 saturated carbocycles. The molecule has 0 aliphatic rings. The Labute approximate surface area is 255 Å². The summed E-state index contributed by atoms with van der Waals surface area (Å²) in [6.07, 6.45) is 0. The van der Waals surface area contributed by atoms with Crippen LogP contribution in [0, 0.1) is 18.3 Å². The van der Waals surface area contributed by atoms with Crippen molar-refractivity contribution in [3.63, 3.8) is 0 Å². The fourth-order valence-electron chi connectivity index (χ4n) is 4.44. The summed E-state index contributed by atoms with van der Waals surface area (Å²) in [4.78, 5) is 44.7. The molecule has 4 aromatic rings. The number of pyridine rings is 1. The van der Waals surface area contributed by atoms with Gasteiger partial charge in [-0.15, -0.1) is 0 Å². The highest BCUT2D eigenvalue weighted by atomic mass is 16.5. The summed E-state index contributed by atoms with van der Waals surface area (Å²) >= 11 is 0. The minimum absolute atomic E-state index is 0.00518. The lowest BCUT2D eigenvalue weighted by Crippen LogP contribution is -2.41. The Morgan fingerprint density at radius 1 is 0.909 bits per heavy atom. The smallest absolute Gasteiger partial charge is 0.339 e. The topological polar surface area (TPSA) is 167 Å². The summed E-state index contributed by atoms with van der Waals surface area (Å²) in [5, 5.41) is 22.9. The van der Waals surface area contributed by atoms with Gasteiger partial charge in [0.1, 0.15) is 18.1 Å². The number of hydrogen-bond acceptors (Lipinski definition) is 7. The first kappa shape index (κ1) is 31.6. The molecule has 6 N–H and O–H groups in total. The van der Waals surface area contributed by atoms with Crippen molar-refractivity contribution in [2.24, 2.45) is 11.7 Å². The Hall–Kier alpha value is -5.35. The van der Waals surface area contributed by atoms with E-state index in [-0.39, 0.29) is 41.8 Å². The van der Waals surface area contributed by atoms with Crippen molar-refractivity contribution in [3.05, 3.63) is 119 Å². The van der Waals surface area contributed by atoms with Gasteiger partial charge in [-0.2, -0.15) is 0 Å². The molecule has 0 saturated heterocycles. The second-order valence-electron chi connectivity index (χ2n) is 10.6. The van der Waals surface area contributed by atoms with Gasteiger partial charge in [-0.1, -0.05) is 56.3 Å². The van der Waals surface area contributed by atoms with E-state index in [0.29, 0.717) is 28.1 Å². The molecule has 10 nitrogen and oxygen atoms in total. The van der Waals surface area contributed by atoms with E-state index in [2.05, 4.69) is 15.6 Å². The number of rotatable bonds is 11. The van der Waals surface area contributed by atoms with Gasteiger partial charge in [-0.3, -0.25) is 15.0 Å². The number of carbonyl (C=O) groups is 3. The number of anilines is 1. The normalized spacial score (nSPS) is 11.5. The number of aryl methyl sites for hydroxylation is 1. The summed E-state index contributed by atoms with van der Waals surface area (Å²) in [7, 11) is 0. The molecule has 0 radical (unpaired) electrons. The fourth-order valence-corrected chi connectivity index (χ4v) is 4.44. The number of nitrogens with two attached hydrogens (primary N) is 1. The first-order chi connectivity index (χ1) is 21.1. The number of aromatic nitrogens is 1. The van der Waals surface area contributed by atoms with Gasteiger partial charge in [-0.05, 0) is 66.4 Å². The average Bonchev–Trinajstić information content (AvgIpc) is 3.02. The van der Waals surface area contributed by atoms with Gasteiger partial charge in [0.2, 0.25) is 0 Å². The number of ether oxygens (including phenoxy) is 1. The maximum atomic E-state index is 13.6. The molecule has 226 valence electrons.